The summed E-state index contributed by atoms with van der Waals surface area (Å²) in [6, 6.07) is 8.33. The number of benzene rings is 1. The first-order valence-corrected chi connectivity index (χ1v) is 8.07. The van der Waals surface area contributed by atoms with E-state index in [1.807, 2.05) is 24.3 Å². The summed E-state index contributed by atoms with van der Waals surface area (Å²) >= 11 is 0. The van der Waals surface area contributed by atoms with Crippen molar-refractivity contribution in [2.45, 2.75) is 32.4 Å². The largest absolute Gasteiger partial charge is 0.326 e. The Labute approximate surface area is 116 Å². The van der Waals surface area contributed by atoms with E-state index in [0.29, 0.717) is 6.04 Å². The van der Waals surface area contributed by atoms with Crippen molar-refractivity contribution < 1.29 is 9.00 Å². The smallest absolute Gasteiger partial charge is 0.221 e. The summed E-state index contributed by atoms with van der Waals surface area (Å²) in [7, 11) is -0.598. The van der Waals surface area contributed by atoms with E-state index in [1.54, 1.807) is 0 Å². The van der Waals surface area contributed by atoms with Gasteiger partial charge in [0.1, 0.15) is 0 Å². The van der Waals surface area contributed by atoms with Crippen molar-refractivity contribution >= 4 is 22.4 Å². The molecule has 0 saturated carbocycles. The molecule has 4 nitrogen and oxygen atoms in total. The van der Waals surface area contributed by atoms with Gasteiger partial charge >= 0.3 is 0 Å². The first-order chi connectivity index (χ1) is 9.13. The van der Waals surface area contributed by atoms with Gasteiger partial charge in [0.15, 0.2) is 0 Å². The minimum Gasteiger partial charge on any atom is -0.326 e. The molecule has 1 fully saturated rings. The normalized spacial score (nSPS) is 23.0. The van der Waals surface area contributed by atoms with Crippen molar-refractivity contribution in [3.05, 3.63) is 29.8 Å². The number of amides is 1. The van der Waals surface area contributed by atoms with Gasteiger partial charge in [0, 0.05) is 47.5 Å². The zero-order valence-electron chi connectivity index (χ0n) is 11.1. The summed E-state index contributed by atoms with van der Waals surface area (Å²) < 4.78 is 11.3. The maximum absolute atomic E-state index is 11.3. The number of carbonyl (C=O) groups is 1. The monoisotopic (exact) mass is 280 g/mol. The second kappa shape index (κ2) is 6.82. The molecule has 1 saturated heterocycles. The fraction of sp³-hybridized carbons (Fsp3) is 0.500. The molecule has 1 heterocycles. The van der Waals surface area contributed by atoms with Crippen molar-refractivity contribution in [3.8, 4) is 0 Å². The average Bonchev–Trinajstić information content (AvgIpc) is 2.39. The summed E-state index contributed by atoms with van der Waals surface area (Å²) in [4.78, 5) is 10.9. The predicted octanol–water partition coefficient (Wildman–Crippen LogP) is 1.65. The molecule has 2 N–H and O–H groups in total. The Balaban J connectivity index is 1.79. The number of nitrogens with one attached hydrogen (secondary N) is 2. The molecule has 1 amide bonds. The highest BCUT2D eigenvalue weighted by molar-refractivity contribution is 7.85. The summed E-state index contributed by atoms with van der Waals surface area (Å²) in [5, 5.41) is 6.25. The molecule has 0 spiro atoms. The first kappa shape index (κ1) is 14.2. The number of hydrogen-bond donors (Lipinski definition) is 2. The highest BCUT2D eigenvalue weighted by atomic mass is 32.2. The van der Waals surface area contributed by atoms with Crippen LogP contribution in [0.3, 0.4) is 0 Å². The topological polar surface area (TPSA) is 58.2 Å². The first-order valence-electron chi connectivity index (χ1n) is 6.58. The summed E-state index contributed by atoms with van der Waals surface area (Å²) in [6.45, 7) is 2.32. The maximum Gasteiger partial charge on any atom is 0.221 e. The molecule has 0 radical (unpaired) electrons. The van der Waals surface area contributed by atoms with Crippen LogP contribution in [-0.4, -0.2) is 27.7 Å². The molecule has 1 aliphatic rings. The molecule has 5 heteroatoms. The van der Waals surface area contributed by atoms with E-state index in [1.165, 1.54) is 12.5 Å². The molecule has 0 aromatic heterocycles. The fourth-order valence-electron chi connectivity index (χ4n) is 2.17. The minimum atomic E-state index is -0.598. The maximum atomic E-state index is 11.3. The molecule has 0 unspecified atom stereocenters. The molecule has 2 rings (SSSR count). The second-order valence-electron chi connectivity index (χ2n) is 4.88. The molecule has 1 aliphatic heterocycles. The summed E-state index contributed by atoms with van der Waals surface area (Å²) in [5.74, 6) is 1.58. The Hall–Kier alpha value is -1.20. The Morgan fingerprint density at radius 2 is 1.89 bits per heavy atom. The second-order valence-corrected chi connectivity index (χ2v) is 6.58. The zero-order chi connectivity index (χ0) is 13.7. The fourth-order valence-corrected chi connectivity index (χ4v) is 3.47. The SMILES string of the molecule is CC(=O)Nc1ccc(CNC2CCS(=O)CC2)cc1. The van der Waals surface area contributed by atoms with Gasteiger partial charge in [-0.25, -0.2) is 0 Å². The van der Waals surface area contributed by atoms with Crippen LogP contribution in [0.1, 0.15) is 25.3 Å². The van der Waals surface area contributed by atoms with Gasteiger partial charge in [-0.3, -0.25) is 9.00 Å². The van der Waals surface area contributed by atoms with Crippen molar-refractivity contribution in [2.24, 2.45) is 0 Å². The van der Waals surface area contributed by atoms with E-state index in [-0.39, 0.29) is 5.91 Å². The van der Waals surface area contributed by atoms with Gasteiger partial charge in [0.25, 0.3) is 0 Å². The van der Waals surface area contributed by atoms with Gasteiger partial charge < -0.3 is 10.6 Å². The molecule has 1 aromatic rings. The lowest BCUT2D eigenvalue weighted by Gasteiger charge is -2.22. The van der Waals surface area contributed by atoms with E-state index < -0.39 is 10.8 Å². The highest BCUT2D eigenvalue weighted by Crippen LogP contribution is 2.12. The Morgan fingerprint density at radius 1 is 1.26 bits per heavy atom. The molecular weight excluding hydrogens is 260 g/mol. The van der Waals surface area contributed by atoms with Gasteiger partial charge in [-0.2, -0.15) is 0 Å². The molecule has 1 aromatic carbocycles. The predicted molar refractivity (Wildman–Crippen MR) is 78.5 cm³/mol. The minimum absolute atomic E-state index is 0.0546. The van der Waals surface area contributed by atoms with Crippen LogP contribution in [0, 0.1) is 0 Å². The van der Waals surface area contributed by atoms with Crippen molar-refractivity contribution in [1.29, 1.82) is 0 Å². The molecule has 0 aliphatic carbocycles. The summed E-state index contributed by atoms with van der Waals surface area (Å²) in [5.41, 5.74) is 2.02. The van der Waals surface area contributed by atoms with Gasteiger partial charge in [-0.15, -0.1) is 0 Å². The van der Waals surface area contributed by atoms with Crippen molar-refractivity contribution in [2.75, 3.05) is 16.8 Å². The lowest BCUT2D eigenvalue weighted by molar-refractivity contribution is -0.114. The van der Waals surface area contributed by atoms with E-state index in [9.17, 15) is 9.00 Å². The van der Waals surface area contributed by atoms with Crippen LogP contribution in [-0.2, 0) is 22.1 Å². The molecule has 104 valence electrons. The van der Waals surface area contributed by atoms with E-state index in [4.69, 9.17) is 0 Å². The number of hydrogen-bond acceptors (Lipinski definition) is 3. The standard InChI is InChI=1S/C14H20N2O2S/c1-11(17)16-14-4-2-12(3-5-14)10-15-13-6-8-19(18)9-7-13/h2-5,13,15H,6-10H2,1H3,(H,16,17). The van der Waals surface area contributed by atoms with Gasteiger partial charge in [-0.05, 0) is 30.5 Å². The van der Waals surface area contributed by atoms with Gasteiger partial charge in [0.05, 0.1) is 0 Å². The Kier molecular flexibility index (Phi) is 5.10. The zero-order valence-corrected chi connectivity index (χ0v) is 12.0. The van der Waals surface area contributed by atoms with E-state index in [0.717, 1.165) is 36.6 Å². The van der Waals surface area contributed by atoms with Crippen LogP contribution in [0.4, 0.5) is 5.69 Å². The van der Waals surface area contributed by atoms with Gasteiger partial charge in [0.2, 0.25) is 5.91 Å². The molecule has 19 heavy (non-hydrogen) atoms. The average molecular weight is 280 g/mol. The van der Waals surface area contributed by atoms with Crippen LogP contribution in [0.25, 0.3) is 0 Å². The highest BCUT2D eigenvalue weighted by Gasteiger charge is 2.16. The molecule has 0 bridgehead atoms. The Bertz CT molecular complexity index is 449. The van der Waals surface area contributed by atoms with Gasteiger partial charge in [-0.1, -0.05) is 12.1 Å². The van der Waals surface area contributed by atoms with Crippen LogP contribution in [0.5, 0.6) is 0 Å². The van der Waals surface area contributed by atoms with E-state index >= 15 is 0 Å². The quantitative estimate of drug-likeness (QED) is 0.881. The van der Waals surface area contributed by atoms with Crippen LogP contribution < -0.4 is 10.6 Å². The number of rotatable bonds is 4. The van der Waals surface area contributed by atoms with Crippen LogP contribution >= 0.6 is 0 Å². The number of carbonyl (C=O) groups excluding carboxylic acids is 1. The number of anilines is 1. The Morgan fingerprint density at radius 3 is 2.47 bits per heavy atom. The van der Waals surface area contributed by atoms with Crippen molar-refractivity contribution in [3.63, 3.8) is 0 Å². The molecule has 0 atom stereocenters. The molecular formula is C14H20N2O2S. The van der Waals surface area contributed by atoms with E-state index in [2.05, 4.69) is 10.6 Å². The van der Waals surface area contributed by atoms with Crippen LogP contribution in [0.15, 0.2) is 24.3 Å². The summed E-state index contributed by atoms with van der Waals surface area (Å²) in [6.07, 6.45) is 1.99. The van der Waals surface area contributed by atoms with Crippen LogP contribution in [0.2, 0.25) is 0 Å². The lowest BCUT2D eigenvalue weighted by atomic mass is 10.1. The third-order valence-corrected chi connectivity index (χ3v) is 4.64. The third kappa shape index (κ3) is 4.76. The third-order valence-electron chi connectivity index (χ3n) is 3.26. The van der Waals surface area contributed by atoms with Crippen molar-refractivity contribution in [1.82, 2.24) is 5.32 Å². The lowest BCUT2D eigenvalue weighted by Crippen LogP contribution is -2.35.